The van der Waals surface area contributed by atoms with Gasteiger partial charge in [-0.25, -0.2) is 0 Å². The van der Waals surface area contributed by atoms with E-state index < -0.39 is 0 Å². The monoisotopic (exact) mass is 236 g/mol. The second-order valence-corrected chi connectivity index (χ2v) is 4.15. The second-order valence-electron chi connectivity index (χ2n) is 4.15. The van der Waals surface area contributed by atoms with Gasteiger partial charge in [-0.1, -0.05) is 18.2 Å². The van der Waals surface area contributed by atoms with Crippen molar-refractivity contribution in [1.82, 2.24) is 5.32 Å². The molecule has 1 aliphatic rings. The topological polar surface area (TPSA) is 64.4 Å². The molecule has 1 saturated heterocycles. The van der Waals surface area contributed by atoms with Crippen LogP contribution in [-0.2, 0) is 11.3 Å². The molecule has 0 spiro atoms. The molecule has 5 nitrogen and oxygen atoms in total. The van der Waals surface area contributed by atoms with E-state index >= 15 is 0 Å². The van der Waals surface area contributed by atoms with E-state index in [9.17, 15) is 10.1 Å². The maximum absolute atomic E-state index is 10.8. The van der Waals surface area contributed by atoms with E-state index in [1.54, 1.807) is 12.1 Å². The molecule has 0 aliphatic carbocycles. The molecule has 92 valence electrons. The Morgan fingerprint density at radius 2 is 2.29 bits per heavy atom. The summed E-state index contributed by atoms with van der Waals surface area (Å²) in [5, 5.41) is 14.0. The molecule has 0 bridgehead atoms. The van der Waals surface area contributed by atoms with Crippen LogP contribution in [0, 0.1) is 10.1 Å². The number of nitro groups is 1. The van der Waals surface area contributed by atoms with Crippen molar-refractivity contribution in [2.45, 2.75) is 25.5 Å². The third kappa shape index (κ3) is 3.25. The van der Waals surface area contributed by atoms with E-state index in [1.165, 1.54) is 6.07 Å². The van der Waals surface area contributed by atoms with Crippen molar-refractivity contribution >= 4 is 5.69 Å². The van der Waals surface area contributed by atoms with Crippen LogP contribution in [0.15, 0.2) is 24.3 Å². The van der Waals surface area contributed by atoms with Crippen molar-refractivity contribution in [3.05, 3.63) is 39.9 Å². The van der Waals surface area contributed by atoms with Gasteiger partial charge >= 0.3 is 0 Å². The largest absolute Gasteiger partial charge is 0.377 e. The molecule has 1 N–H and O–H groups in total. The molecule has 2 rings (SSSR count). The van der Waals surface area contributed by atoms with Crippen molar-refractivity contribution in [1.29, 1.82) is 0 Å². The van der Waals surface area contributed by atoms with Gasteiger partial charge < -0.3 is 10.1 Å². The summed E-state index contributed by atoms with van der Waals surface area (Å²) < 4.78 is 5.47. The van der Waals surface area contributed by atoms with E-state index in [1.807, 2.05) is 6.07 Å². The molecule has 1 aromatic carbocycles. The summed E-state index contributed by atoms with van der Waals surface area (Å²) in [5.74, 6) is 0. The van der Waals surface area contributed by atoms with Crippen LogP contribution in [-0.4, -0.2) is 24.2 Å². The Labute approximate surface area is 99.9 Å². The number of benzene rings is 1. The molecular formula is C12H16N2O3. The first-order valence-corrected chi connectivity index (χ1v) is 5.82. The molecule has 0 amide bonds. The first-order chi connectivity index (χ1) is 8.27. The number of nitrogens with zero attached hydrogens (tertiary/aromatic N) is 1. The number of rotatable bonds is 5. The number of ether oxygens (including phenoxy) is 1. The molecule has 1 aromatic rings. The first-order valence-electron chi connectivity index (χ1n) is 5.82. The fourth-order valence-corrected chi connectivity index (χ4v) is 2.01. The molecule has 1 atom stereocenters. The molecule has 1 heterocycles. The van der Waals surface area contributed by atoms with Crippen LogP contribution in [0.25, 0.3) is 0 Å². The van der Waals surface area contributed by atoms with Crippen LogP contribution in [0.2, 0.25) is 0 Å². The predicted octanol–water partition coefficient (Wildman–Crippen LogP) is 1.86. The van der Waals surface area contributed by atoms with E-state index in [2.05, 4.69) is 5.32 Å². The smallest absolute Gasteiger partial charge is 0.273 e. The zero-order valence-electron chi connectivity index (χ0n) is 9.59. The average molecular weight is 236 g/mol. The number of hydrogen-bond acceptors (Lipinski definition) is 4. The Balaban J connectivity index is 1.87. The van der Waals surface area contributed by atoms with Crippen LogP contribution in [0.3, 0.4) is 0 Å². The Bertz CT molecular complexity index is 389. The van der Waals surface area contributed by atoms with E-state index in [0.29, 0.717) is 6.54 Å². The van der Waals surface area contributed by atoms with Gasteiger partial charge in [0.1, 0.15) is 0 Å². The normalized spacial score (nSPS) is 19.4. The molecular weight excluding hydrogens is 220 g/mol. The molecule has 1 aliphatic heterocycles. The highest BCUT2D eigenvalue weighted by Gasteiger charge is 2.16. The highest BCUT2D eigenvalue weighted by atomic mass is 16.6. The van der Waals surface area contributed by atoms with Crippen molar-refractivity contribution in [2.24, 2.45) is 0 Å². The lowest BCUT2D eigenvalue weighted by molar-refractivity contribution is -0.385. The molecule has 17 heavy (non-hydrogen) atoms. The lowest BCUT2D eigenvalue weighted by atomic mass is 10.1. The standard InChI is InChI=1S/C12H16N2O3/c15-14(16)12-6-2-1-4-10(12)8-13-9-11-5-3-7-17-11/h1-2,4,6,11,13H,3,5,7-9H2. The molecule has 5 heteroatoms. The van der Waals surface area contributed by atoms with Crippen molar-refractivity contribution in [2.75, 3.05) is 13.2 Å². The molecule has 1 unspecified atom stereocenters. The fraction of sp³-hybridized carbons (Fsp3) is 0.500. The summed E-state index contributed by atoms with van der Waals surface area (Å²) in [6.07, 6.45) is 2.44. The summed E-state index contributed by atoms with van der Waals surface area (Å²) in [6.45, 7) is 2.10. The van der Waals surface area contributed by atoms with Gasteiger partial charge in [-0.15, -0.1) is 0 Å². The van der Waals surface area contributed by atoms with Gasteiger partial charge in [0.05, 0.1) is 11.0 Å². The van der Waals surface area contributed by atoms with Gasteiger partial charge in [-0.05, 0) is 12.8 Å². The first kappa shape index (κ1) is 12.0. The van der Waals surface area contributed by atoms with Crippen molar-refractivity contribution in [3.8, 4) is 0 Å². The summed E-state index contributed by atoms with van der Waals surface area (Å²) in [4.78, 5) is 10.5. The summed E-state index contributed by atoms with van der Waals surface area (Å²) in [5.41, 5.74) is 0.892. The Morgan fingerprint density at radius 3 is 3.00 bits per heavy atom. The average Bonchev–Trinajstić information content (AvgIpc) is 2.82. The molecule has 0 saturated carbocycles. The van der Waals surface area contributed by atoms with Gasteiger partial charge in [0.2, 0.25) is 0 Å². The molecule has 1 fully saturated rings. The minimum Gasteiger partial charge on any atom is -0.377 e. The summed E-state index contributed by atoms with van der Waals surface area (Å²) >= 11 is 0. The molecule has 0 radical (unpaired) electrons. The third-order valence-electron chi connectivity index (χ3n) is 2.90. The minimum atomic E-state index is -0.344. The highest BCUT2D eigenvalue weighted by Crippen LogP contribution is 2.17. The summed E-state index contributed by atoms with van der Waals surface area (Å²) in [6, 6.07) is 6.81. The highest BCUT2D eigenvalue weighted by molar-refractivity contribution is 5.39. The summed E-state index contributed by atoms with van der Waals surface area (Å²) in [7, 11) is 0. The zero-order valence-corrected chi connectivity index (χ0v) is 9.59. The van der Waals surface area contributed by atoms with Gasteiger partial charge in [0, 0.05) is 31.3 Å². The van der Waals surface area contributed by atoms with E-state index in [4.69, 9.17) is 4.74 Å². The Hall–Kier alpha value is -1.46. The number of nitrogens with one attached hydrogen (secondary N) is 1. The second kappa shape index (κ2) is 5.75. The Morgan fingerprint density at radius 1 is 1.47 bits per heavy atom. The van der Waals surface area contributed by atoms with Gasteiger partial charge in [0.25, 0.3) is 5.69 Å². The number of nitro benzene ring substituents is 1. The van der Waals surface area contributed by atoms with Crippen LogP contribution < -0.4 is 5.32 Å². The Kier molecular flexibility index (Phi) is 4.06. The predicted molar refractivity (Wildman–Crippen MR) is 63.8 cm³/mol. The van der Waals surface area contributed by atoms with Gasteiger partial charge in [0.15, 0.2) is 0 Å². The third-order valence-corrected chi connectivity index (χ3v) is 2.90. The number of hydrogen-bond donors (Lipinski definition) is 1. The van der Waals surface area contributed by atoms with Gasteiger partial charge in [-0.2, -0.15) is 0 Å². The van der Waals surface area contributed by atoms with Crippen LogP contribution in [0.5, 0.6) is 0 Å². The quantitative estimate of drug-likeness (QED) is 0.626. The number of para-hydroxylation sites is 1. The van der Waals surface area contributed by atoms with Crippen LogP contribution >= 0.6 is 0 Å². The van der Waals surface area contributed by atoms with Crippen molar-refractivity contribution in [3.63, 3.8) is 0 Å². The van der Waals surface area contributed by atoms with E-state index in [0.717, 1.165) is 31.6 Å². The van der Waals surface area contributed by atoms with Crippen LogP contribution in [0.1, 0.15) is 18.4 Å². The van der Waals surface area contributed by atoms with E-state index in [-0.39, 0.29) is 16.7 Å². The zero-order chi connectivity index (χ0) is 12.1. The van der Waals surface area contributed by atoms with Gasteiger partial charge in [-0.3, -0.25) is 10.1 Å². The molecule has 0 aromatic heterocycles. The maximum atomic E-state index is 10.8. The maximum Gasteiger partial charge on any atom is 0.273 e. The SMILES string of the molecule is O=[N+]([O-])c1ccccc1CNCC1CCCO1. The lowest BCUT2D eigenvalue weighted by Crippen LogP contribution is -2.26. The fourth-order valence-electron chi connectivity index (χ4n) is 2.01. The minimum absolute atomic E-state index is 0.173. The lowest BCUT2D eigenvalue weighted by Gasteiger charge is -2.10. The van der Waals surface area contributed by atoms with Crippen LogP contribution in [0.4, 0.5) is 5.69 Å². The van der Waals surface area contributed by atoms with Crippen molar-refractivity contribution < 1.29 is 9.66 Å².